The van der Waals surface area contributed by atoms with E-state index in [1.165, 1.54) is 5.56 Å². The molecule has 22 heavy (non-hydrogen) atoms. The zero-order valence-corrected chi connectivity index (χ0v) is 14.8. The van der Waals surface area contributed by atoms with E-state index in [9.17, 15) is 4.79 Å². The van der Waals surface area contributed by atoms with Crippen molar-refractivity contribution in [2.45, 2.75) is 36.1 Å². The van der Waals surface area contributed by atoms with Crippen LogP contribution in [0.5, 0.6) is 0 Å². The number of nitrogens with one attached hydrogen (secondary N) is 1. The minimum atomic E-state index is -0.0542. The van der Waals surface area contributed by atoms with Crippen LogP contribution in [0.2, 0.25) is 0 Å². The van der Waals surface area contributed by atoms with Crippen molar-refractivity contribution in [1.29, 1.82) is 0 Å². The third kappa shape index (κ3) is 2.95. The molecular weight excluding hydrogens is 358 g/mol. The second kappa shape index (κ2) is 6.09. The molecule has 1 fully saturated rings. The van der Waals surface area contributed by atoms with Crippen LogP contribution < -0.4 is 5.32 Å². The van der Waals surface area contributed by atoms with E-state index < -0.39 is 0 Å². The van der Waals surface area contributed by atoms with E-state index in [0.29, 0.717) is 10.5 Å². The molecule has 0 bridgehead atoms. The van der Waals surface area contributed by atoms with E-state index in [2.05, 4.69) is 65.1 Å². The predicted molar refractivity (Wildman–Crippen MR) is 95.7 cm³/mol. The van der Waals surface area contributed by atoms with Crippen LogP contribution in [0.15, 0.2) is 57.9 Å². The van der Waals surface area contributed by atoms with E-state index in [1.54, 1.807) is 0 Å². The van der Waals surface area contributed by atoms with Gasteiger partial charge < -0.3 is 5.32 Å². The van der Waals surface area contributed by atoms with Crippen molar-refractivity contribution in [3.05, 3.63) is 64.1 Å². The summed E-state index contributed by atoms with van der Waals surface area (Å²) in [6.07, 6.45) is 2.22. The molecule has 0 heterocycles. The van der Waals surface area contributed by atoms with Crippen LogP contribution in [-0.4, -0.2) is 11.9 Å². The highest BCUT2D eigenvalue weighted by Gasteiger charge is 2.49. The lowest BCUT2D eigenvalue weighted by Gasteiger charge is -2.25. The normalized spacial score (nSPS) is 16.9. The first kappa shape index (κ1) is 15.6. The van der Waals surface area contributed by atoms with Crippen LogP contribution in [0.4, 0.5) is 0 Å². The second-order valence-electron chi connectivity index (χ2n) is 5.88. The van der Waals surface area contributed by atoms with E-state index in [-0.39, 0.29) is 17.4 Å². The van der Waals surface area contributed by atoms with Crippen LogP contribution in [0.1, 0.15) is 35.7 Å². The minimum Gasteiger partial charge on any atom is -0.349 e. The fourth-order valence-corrected chi connectivity index (χ4v) is 3.49. The molecule has 1 saturated carbocycles. The van der Waals surface area contributed by atoms with Gasteiger partial charge in [-0.3, -0.25) is 4.79 Å². The lowest BCUT2D eigenvalue weighted by atomic mass is 9.89. The van der Waals surface area contributed by atoms with Gasteiger partial charge in [0.1, 0.15) is 0 Å². The molecule has 1 aliphatic rings. The van der Waals surface area contributed by atoms with Crippen molar-refractivity contribution in [3.63, 3.8) is 0 Å². The summed E-state index contributed by atoms with van der Waals surface area (Å²) >= 11 is 7.83. The van der Waals surface area contributed by atoms with Crippen molar-refractivity contribution in [2.75, 3.05) is 0 Å². The molecule has 0 aliphatic heterocycles. The smallest absolute Gasteiger partial charge is 0.252 e. The molecule has 2 nitrogen and oxygen atoms in total. The fourth-order valence-electron chi connectivity index (χ4n) is 2.97. The van der Waals surface area contributed by atoms with Crippen molar-refractivity contribution in [2.24, 2.45) is 0 Å². The van der Waals surface area contributed by atoms with E-state index >= 15 is 0 Å². The molecule has 4 heteroatoms. The van der Waals surface area contributed by atoms with E-state index in [1.807, 2.05) is 24.3 Å². The number of amides is 1. The largest absolute Gasteiger partial charge is 0.349 e. The Labute approximate surface area is 144 Å². The summed E-state index contributed by atoms with van der Waals surface area (Å²) in [7, 11) is 0. The molecule has 3 rings (SSSR count). The number of hydrogen-bond acceptors (Lipinski definition) is 2. The number of hydrogen-bond donors (Lipinski definition) is 2. The molecule has 0 saturated heterocycles. The Morgan fingerprint density at radius 3 is 2.41 bits per heavy atom. The SMILES string of the molecule is CC(NC(=O)c1ccccc1S)C1(c2ccc(Br)cc2)CC1. The summed E-state index contributed by atoms with van der Waals surface area (Å²) in [4.78, 5) is 13.2. The Bertz CT molecular complexity index is 694. The maximum atomic E-state index is 12.5. The molecule has 2 aromatic rings. The molecule has 2 aromatic carbocycles. The third-order valence-corrected chi connectivity index (χ3v) is 5.45. The Kier molecular flexibility index (Phi) is 4.33. The van der Waals surface area contributed by atoms with Gasteiger partial charge in [0.2, 0.25) is 0 Å². The molecule has 0 spiro atoms. The predicted octanol–water partition coefficient (Wildman–Crippen LogP) is 4.59. The maximum Gasteiger partial charge on any atom is 0.252 e. The molecule has 1 aliphatic carbocycles. The van der Waals surface area contributed by atoms with E-state index in [0.717, 1.165) is 17.3 Å². The monoisotopic (exact) mass is 375 g/mol. The molecule has 1 unspecified atom stereocenters. The van der Waals surface area contributed by atoms with Crippen LogP contribution in [-0.2, 0) is 5.41 Å². The van der Waals surface area contributed by atoms with Gasteiger partial charge >= 0.3 is 0 Å². The molecule has 1 N–H and O–H groups in total. The first-order valence-corrected chi connectivity index (χ1v) is 8.62. The van der Waals surface area contributed by atoms with Crippen LogP contribution in [0, 0.1) is 0 Å². The number of rotatable bonds is 4. The Balaban J connectivity index is 1.77. The second-order valence-corrected chi connectivity index (χ2v) is 7.27. The fraction of sp³-hybridized carbons (Fsp3) is 0.278. The van der Waals surface area contributed by atoms with Gasteiger partial charge in [0.25, 0.3) is 5.91 Å². The Morgan fingerprint density at radius 2 is 1.82 bits per heavy atom. The van der Waals surface area contributed by atoms with Crippen LogP contribution in [0.3, 0.4) is 0 Å². The first-order chi connectivity index (χ1) is 10.5. The highest BCUT2D eigenvalue weighted by molar-refractivity contribution is 9.10. The first-order valence-electron chi connectivity index (χ1n) is 7.38. The van der Waals surface area contributed by atoms with Gasteiger partial charge in [-0.15, -0.1) is 12.6 Å². The summed E-state index contributed by atoms with van der Waals surface area (Å²) in [5.74, 6) is -0.0542. The highest BCUT2D eigenvalue weighted by Crippen LogP contribution is 2.51. The summed E-state index contributed by atoms with van der Waals surface area (Å²) in [5, 5.41) is 3.15. The molecule has 0 radical (unpaired) electrons. The number of benzene rings is 2. The summed E-state index contributed by atoms with van der Waals surface area (Å²) in [6.45, 7) is 2.09. The van der Waals surface area contributed by atoms with Crippen molar-refractivity contribution >= 4 is 34.5 Å². The summed E-state index contributed by atoms with van der Waals surface area (Å²) in [5.41, 5.74) is 1.99. The Hall–Kier alpha value is -1.26. The third-order valence-electron chi connectivity index (χ3n) is 4.53. The van der Waals surface area contributed by atoms with Gasteiger partial charge in [-0.25, -0.2) is 0 Å². The summed E-state index contributed by atoms with van der Waals surface area (Å²) in [6, 6.07) is 15.9. The number of carbonyl (C=O) groups is 1. The van der Waals surface area contributed by atoms with Gasteiger partial charge in [-0.05, 0) is 49.6 Å². The van der Waals surface area contributed by atoms with Crippen molar-refractivity contribution in [3.8, 4) is 0 Å². The number of halogens is 1. The van der Waals surface area contributed by atoms with Crippen LogP contribution >= 0.6 is 28.6 Å². The summed E-state index contributed by atoms with van der Waals surface area (Å²) < 4.78 is 1.08. The highest BCUT2D eigenvalue weighted by atomic mass is 79.9. The van der Waals surface area contributed by atoms with E-state index in [4.69, 9.17) is 0 Å². The molecular formula is C18H18BrNOS. The maximum absolute atomic E-state index is 12.5. The van der Waals surface area contributed by atoms with Gasteiger partial charge in [0, 0.05) is 20.8 Å². The molecule has 1 amide bonds. The molecule has 114 valence electrons. The molecule has 1 atom stereocenters. The average Bonchev–Trinajstić information content (AvgIpc) is 3.30. The zero-order valence-electron chi connectivity index (χ0n) is 12.3. The lowest BCUT2D eigenvalue weighted by Crippen LogP contribution is -2.41. The quantitative estimate of drug-likeness (QED) is 0.751. The topological polar surface area (TPSA) is 29.1 Å². The van der Waals surface area contributed by atoms with Gasteiger partial charge in [0.15, 0.2) is 0 Å². The lowest BCUT2D eigenvalue weighted by molar-refractivity contribution is 0.0929. The minimum absolute atomic E-state index is 0.0542. The van der Waals surface area contributed by atoms with Gasteiger partial charge in [0.05, 0.1) is 5.56 Å². The Morgan fingerprint density at radius 1 is 1.18 bits per heavy atom. The van der Waals surface area contributed by atoms with Gasteiger partial charge in [-0.2, -0.15) is 0 Å². The van der Waals surface area contributed by atoms with Crippen molar-refractivity contribution < 1.29 is 4.79 Å². The van der Waals surface area contributed by atoms with Gasteiger partial charge in [-0.1, -0.05) is 40.2 Å². The average molecular weight is 376 g/mol. The van der Waals surface area contributed by atoms with Crippen LogP contribution in [0.25, 0.3) is 0 Å². The molecule has 0 aromatic heterocycles. The number of thiol groups is 1. The van der Waals surface area contributed by atoms with Crippen molar-refractivity contribution in [1.82, 2.24) is 5.32 Å². The standard InChI is InChI=1S/C18H18BrNOS/c1-12(20-17(21)15-4-2-3-5-16(15)22)18(10-11-18)13-6-8-14(19)9-7-13/h2-9,12,22H,10-11H2,1H3,(H,20,21). The zero-order chi connectivity index (χ0) is 15.7. The number of carbonyl (C=O) groups excluding carboxylic acids is 1.